The van der Waals surface area contributed by atoms with Gasteiger partial charge in [-0.25, -0.2) is 4.98 Å². The van der Waals surface area contributed by atoms with Gasteiger partial charge in [0.1, 0.15) is 0 Å². The molecule has 0 saturated carbocycles. The quantitative estimate of drug-likeness (QED) is 0.733. The molecule has 0 fully saturated rings. The maximum atomic E-state index is 5.71. The summed E-state index contributed by atoms with van der Waals surface area (Å²) in [6.45, 7) is 0.512. The molecule has 3 nitrogen and oxygen atoms in total. The van der Waals surface area contributed by atoms with Crippen LogP contribution >= 0.6 is 11.3 Å². The Labute approximate surface area is 97.2 Å². The highest BCUT2D eigenvalue weighted by Gasteiger charge is 2.09. The Kier molecular flexibility index (Phi) is 2.23. The summed E-state index contributed by atoms with van der Waals surface area (Å²) in [6, 6.07) is 10.3. The number of nitrogens with zero attached hydrogens (tertiary/aromatic N) is 2. The Morgan fingerprint density at radius 3 is 2.81 bits per heavy atom. The minimum Gasteiger partial charge on any atom is -0.325 e. The standard InChI is InChI=1S/C12H11N3S/c13-6-10-7-14-12-15(10)11(8-16-12)9-4-2-1-3-5-9/h1-5,7-8H,6,13H2. The maximum Gasteiger partial charge on any atom is 0.194 e. The number of hydrogen-bond donors (Lipinski definition) is 1. The summed E-state index contributed by atoms with van der Waals surface area (Å²) >= 11 is 1.64. The first-order chi connectivity index (χ1) is 7.90. The Morgan fingerprint density at radius 2 is 2.06 bits per heavy atom. The summed E-state index contributed by atoms with van der Waals surface area (Å²) in [7, 11) is 0. The first kappa shape index (κ1) is 9.57. The van der Waals surface area contributed by atoms with Crippen molar-refractivity contribution in [1.82, 2.24) is 9.38 Å². The zero-order valence-electron chi connectivity index (χ0n) is 8.63. The van der Waals surface area contributed by atoms with Crippen LogP contribution in [-0.4, -0.2) is 9.38 Å². The van der Waals surface area contributed by atoms with E-state index in [0.717, 1.165) is 10.7 Å². The molecule has 0 bridgehead atoms. The molecule has 0 atom stereocenters. The highest BCUT2D eigenvalue weighted by Crippen LogP contribution is 2.26. The van der Waals surface area contributed by atoms with Crippen molar-refractivity contribution in [3.8, 4) is 11.3 Å². The summed E-state index contributed by atoms with van der Waals surface area (Å²) < 4.78 is 2.12. The molecule has 0 aliphatic rings. The van der Waals surface area contributed by atoms with E-state index >= 15 is 0 Å². The fourth-order valence-electron chi connectivity index (χ4n) is 1.82. The molecule has 0 amide bonds. The van der Waals surface area contributed by atoms with Crippen LogP contribution < -0.4 is 5.73 Å². The minimum atomic E-state index is 0.512. The summed E-state index contributed by atoms with van der Waals surface area (Å²) in [5.41, 5.74) is 9.12. The third kappa shape index (κ3) is 1.35. The molecule has 3 rings (SSSR count). The van der Waals surface area contributed by atoms with Gasteiger partial charge in [-0.3, -0.25) is 4.40 Å². The predicted octanol–water partition coefficient (Wildman–Crippen LogP) is 2.52. The lowest BCUT2D eigenvalue weighted by Crippen LogP contribution is -2.00. The fourth-order valence-corrected chi connectivity index (χ4v) is 2.71. The molecule has 0 spiro atoms. The minimum absolute atomic E-state index is 0.512. The van der Waals surface area contributed by atoms with E-state index in [1.165, 1.54) is 11.3 Å². The summed E-state index contributed by atoms with van der Waals surface area (Å²) in [4.78, 5) is 5.34. The van der Waals surface area contributed by atoms with Crippen molar-refractivity contribution >= 4 is 16.3 Å². The molecule has 2 heterocycles. The molecule has 0 aliphatic carbocycles. The van der Waals surface area contributed by atoms with Gasteiger partial charge in [0.2, 0.25) is 0 Å². The van der Waals surface area contributed by atoms with Gasteiger partial charge < -0.3 is 5.73 Å². The van der Waals surface area contributed by atoms with Crippen LogP contribution in [0.2, 0.25) is 0 Å². The van der Waals surface area contributed by atoms with Crippen LogP contribution in [0.25, 0.3) is 16.2 Å². The van der Waals surface area contributed by atoms with Gasteiger partial charge in [0, 0.05) is 11.9 Å². The van der Waals surface area contributed by atoms with Crippen molar-refractivity contribution in [1.29, 1.82) is 0 Å². The molecule has 16 heavy (non-hydrogen) atoms. The molecule has 2 N–H and O–H groups in total. The second kappa shape index (κ2) is 3.73. The first-order valence-electron chi connectivity index (χ1n) is 5.09. The van der Waals surface area contributed by atoms with Gasteiger partial charge in [-0.05, 0) is 5.56 Å². The molecule has 1 aromatic carbocycles. The largest absolute Gasteiger partial charge is 0.325 e. The zero-order valence-corrected chi connectivity index (χ0v) is 9.45. The Balaban J connectivity index is 2.28. The van der Waals surface area contributed by atoms with Crippen molar-refractivity contribution in [2.45, 2.75) is 6.54 Å². The molecule has 0 unspecified atom stereocenters. The normalized spacial score (nSPS) is 11.1. The summed E-state index contributed by atoms with van der Waals surface area (Å²) in [5, 5.41) is 2.12. The predicted molar refractivity (Wildman–Crippen MR) is 66.4 cm³/mol. The number of benzene rings is 1. The van der Waals surface area contributed by atoms with Crippen LogP contribution in [-0.2, 0) is 6.54 Å². The molecule has 2 aromatic heterocycles. The van der Waals surface area contributed by atoms with Crippen molar-refractivity contribution < 1.29 is 0 Å². The third-order valence-corrected chi connectivity index (χ3v) is 3.44. The van der Waals surface area contributed by atoms with Gasteiger partial charge in [0.25, 0.3) is 0 Å². The number of rotatable bonds is 2. The van der Waals surface area contributed by atoms with Crippen molar-refractivity contribution in [2.75, 3.05) is 0 Å². The first-order valence-corrected chi connectivity index (χ1v) is 5.97. The lowest BCUT2D eigenvalue weighted by atomic mass is 10.2. The van der Waals surface area contributed by atoms with Gasteiger partial charge in [-0.15, -0.1) is 11.3 Å². The highest BCUT2D eigenvalue weighted by atomic mass is 32.1. The second-order valence-electron chi connectivity index (χ2n) is 3.56. The van der Waals surface area contributed by atoms with Crippen LogP contribution in [0.5, 0.6) is 0 Å². The van der Waals surface area contributed by atoms with Gasteiger partial charge in [0.05, 0.1) is 17.6 Å². The molecule has 4 heteroatoms. The topological polar surface area (TPSA) is 43.3 Å². The number of fused-ring (bicyclic) bond motifs is 1. The lowest BCUT2D eigenvalue weighted by Gasteiger charge is -2.01. The van der Waals surface area contributed by atoms with E-state index in [4.69, 9.17) is 5.73 Å². The maximum absolute atomic E-state index is 5.71. The molecule has 80 valence electrons. The molecule has 0 radical (unpaired) electrons. The molecular formula is C12H11N3S. The van der Waals surface area contributed by atoms with Crippen molar-refractivity contribution in [3.63, 3.8) is 0 Å². The fraction of sp³-hybridized carbons (Fsp3) is 0.0833. The van der Waals surface area contributed by atoms with E-state index in [2.05, 4.69) is 26.9 Å². The second-order valence-corrected chi connectivity index (χ2v) is 4.40. The number of imidazole rings is 1. The van der Waals surface area contributed by atoms with Crippen LogP contribution in [0.3, 0.4) is 0 Å². The van der Waals surface area contributed by atoms with Crippen LogP contribution in [0.15, 0.2) is 41.9 Å². The smallest absolute Gasteiger partial charge is 0.194 e. The zero-order chi connectivity index (χ0) is 11.0. The van der Waals surface area contributed by atoms with E-state index in [-0.39, 0.29) is 0 Å². The van der Waals surface area contributed by atoms with E-state index in [1.807, 2.05) is 24.4 Å². The molecule has 0 aliphatic heterocycles. The Hall–Kier alpha value is -1.65. The van der Waals surface area contributed by atoms with Crippen LogP contribution in [0, 0.1) is 0 Å². The lowest BCUT2D eigenvalue weighted by molar-refractivity contribution is 0.971. The average molecular weight is 229 g/mol. The van der Waals surface area contributed by atoms with Crippen LogP contribution in [0.1, 0.15) is 5.69 Å². The Morgan fingerprint density at radius 1 is 1.25 bits per heavy atom. The van der Waals surface area contributed by atoms with E-state index in [1.54, 1.807) is 11.3 Å². The summed E-state index contributed by atoms with van der Waals surface area (Å²) in [5.74, 6) is 0. The number of hydrogen-bond acceptors (Lipinski definition) is 3. The SMILES string of the molecule is NCc1cnc2scc(-c3ccccc3)n12. The molecule has 3 aromatic rings. The van der Waals surface area contributed by atoms with E-state index in [9.17, 15) is 0 Å². The number of thiazole rings is 1. The summed E-state index contributed by atoms with van der Waals surface area (Å²) in [6.07, 6.45) is 1.85. The van der Waals surface area contributed by atoms with E-state index < -0.39 is 0 Å². The molecule has 0 saturated heterocycles. The van der Waals surface area contributed by atoms with Crippen molar-refractivity contribution in [3.05, 3.63) is 47.6 Å². The van der Waals surface area contributed by atoms with Crippen molar-refractivity contribution in [2.24, 2.45) is 5.73 Å². The van der Waals surface area contributed by atoms with Gasteiger partial charge in [-0.1, -0.05) is 30.3 Å². The van der Waals surface area contributed by atoms with Gasteiger partial charge in [-0.2, -0.15) is 0 Å². The van der Waals surface area contributed by atoms with E-state index in [0.29, 0.717) is 6.54 Å². The monoisotopic (exact) mass is 229 g/mol. The highest BCUT2D eigenvalue weighted by molar-refractivity contribution is 7.15. The van der Waals surface area contributed by atoms with Gasteiger partial charge in [0.15, 0.2) is 4.96 Å². The number of nitrogens with two attached hydrogens (primary N) is 1. The third-order valence-electron chi connectivity index (χ3n) is 2.60. The van der Waals surface area contributed by atoms with Gasteiger partial charge >= 0.3 is 0 Å². The number of aromatic nitrogens is 2. The molecular weight excluding hydrogens is 218 g/mol. The average Bonchev–Trinajstić information content (AvgIpc) is 2.90. The van der Waals surface area contributed by atoms with Crippen LogP contribution in [0.4, 0.5) is 0 Å². The Bertz CT molecular complexity index is 610.